The minimum atomic E-state index is -0.486. The summed E-state index contributed by atoms with van der Waals surface area (Å²) in [5.41, 5.74) is 1.26. The standard InChI is InChI=1S/C16H17NO2/c18-14-10-16(19)17(11-14)9-8-13-6-3-5-12-4-1-2-7-15(12)13/h1-7,14,18H,8-11H2. The summed E-state index contributed by atoms with van der Waals surface area (Å²) in [6, 6.07) is 14.6. The predicted octanol–water partition coefficient (Wildman–Crippen LogP) is 1.98. The van der Waals surface area contributed by atoms with E-state index in [9.17, 15) is 9.90 Å². The Kier molecular flexibility index (Phi) is 3.22. The fourth-order valence-corrected chi connectivity index (χ4v) is 2.73. The number of likely N-dealkylation sites (tertiary alicyclic amines) is 1. The highest BCUT2D eigenvalue weighted by atomic mass is 16.3. The van der Waals surface area contributed by atoms with Gasteiger partial charge in [0.1, 0.15) is 0 Å². The molecule has 2 aromatic carbocycles. The lowest BCUT2D eigenvalue weighted by molar-refractivity contribution is -0.127. The van der Waals surface area contributed by atoms with Gasteiger partial charge in [-0.1, -0.05) is 42.5 Å². The number of rotatable bonds is 3. The second-order valence-electron chi connectivity index (χ2n) is 5.09. The highest BCUT2D eigenvalue weighted by molar-refractivity contribution is 5.85. The maximum Gasteiger partial charge on any atom is 0.225 e. The number of hydrogen-bond acceptors (Lipinski definition) is 2. The molecular formula is C16H17NO2. The van der Waals surface area contributed by atoms with Crippen molar-refractivity contribution in [1.29, 1.82) is 0 Å². The number of carbonyl (C=O) groups excluding carboxylic acids is 1. The van der Waals surface area contributed by atoms with E-state index < -0.39 is 6.10 Å². The Bertz CT molecular complexity index is 603. The summed E-state index contributed by atoms with van der Waals surface area (Å²) in [5, 5.41) is 12.0. The van der Waals surface area contributed by atoms with E-state index in [0.717, 1.165) is 6.42 Å². The average molecular weight is 255 g/mol. The van der Waals surface area contributed by atoms with Gasteiger partial charge < -0.3 is 10.0 Å². The lowest BCUT2D eigenvalue weighted by atomic mass is 10.0. The van der Waals surface area contributed by atoms with Gasteiger partial charge in [0.15, 0.2) is 0 Å². The monoisotopic (exact) mass is 255 g/mol. The molecule has 1 aliphatic rings. The normalized spacial score (nSPS) is 19.3. The van der Waals surface area contributed by atoms with Gasteiger partial charge in [0.2, 0.25) is 5.91 Å². The lowest BCUT2D eigenvalue weighted by Gasteiger charge is -2.16. The molecular weight excluding hydrogens is 238 g/mol. The average Bonchev–Trinajstić information content (AvgIpc) is 2.74. The Morgan fingerprint density at radius 2 is 1.95 bits per heavy atom. The van der Waals surface area contributed by atoms with Gasteiger partial charge in [-0.25, -0.2) is 0 Å². The zero-order valence-corrected chi connectivity index (χ0v) is 10.7. The summed E-state index contributed by atoms with van der Waals surface area (Å²) in [5.74, 6) is 0.0627. The topological polar surface area (TPSA) is 40.5 Å². The Morgan fingerprint density at radius 3 is 2.74 bits per heavy atom. The van der Waals surface area contributed by atoms with Crippen molar-refractivity contribution >= 4 is 16.7 Å². The maximum atomic E-state index is 11.6. The van der Waals surface area contributed by atoms with E-state index in [1.54, 1.807) is 4.90 Å². The van der Waals surface area contributed by atoms with Crippen LogP contribution in [0.25, 0.3) is 10.8 Å². The largest absolute Gasteiger partial charge is 0.391 e. The van der Waals surface area contributed by atoms with E-state index in [2.05, 4.69) is 30.3 Å². The predicted molar refractivity (Wildman–Crippen MR) is 74.9 cm³/mol. The van der Waals surface area contributed by atoms with E-state index in [1.165, 1.54) is 16.3 Å². The second kappa shape index (κ2) is 5.02. The molecule has 0 radical (unpaired) electrons. The van der Waals surface area contributed by atoms with Crippen molar-refractivity contribution in [2.24, 2.45) is 0 Å². The first-order valence-electron chi connectivity index (χ1n) is 6.66. The molecule has 0 saturated carbocycles. The van der Waals surface area contributed by atoms with Gasteiger partial charge in [0.05, 0.1) is 12.5 Å². The van der Waals surface area contributed by atoms with Gasteiger partial charge in [0, 0.05) is 13.1 Å². The Morgan fingerprint density at radius 1 is 1.16 bits per heavy atom. The van der Waals surface area contributed by atoms with Crippen LogP contribution < -0.4 is 0 Å². The van der Waals surface area contributed by atoms with Crippen molar-refractivity contribution in [2.45, 2.75) is 18.9 Å². The molecule has 1 N–H and O–H groups in total. The number of fused-ring (bicyclic) bond motifs is 1. The molecule has 1 unspecified atom stereocenters. The van der Waals surface area contributed by atoms with Gasteiger partial charge in [-0.2, -0.15) is 0 Å². The van der Waals surface area contributed by atoms with Crippen LogP contribution in [0.5, 0.6) is 0 Å². The highest BCUT2D eigenvalue weighted by Gasteiger charge is 2.27. The summed E-state index contributed by atoms with van der Waals surface area (Å²) in [6.45, 7) is 1.16. The van der Waals surface area contributed by atoms with Crippen LogP contribution in [-0.2, 0) is 11.2 Å². The molecule has 1 amide bonds. The molecule has 0 spiro atoms. The van der Waals surface area contributed by atoms with Crippen LogP contribution in [-0.4, -0.2) is 35.1 Å². The van der Waals surface area contributed by atoms with Crippen LogP contribution in [0, 0.1) is 0 Å². The van der Waals surface area contributed by atoms with E-state index in [-0.39, 0.29) is 12.3 Å². The first-order chi connectivity index (χ1) is 9.24. The first-order valence-corrected chi connectivity index (χ1v) is 6.66. The minimum absolute atomic E-state index is 0.0627. The molecule has 1 fully saturated rings. The molecule has 19 heavy (non-hydrogen) atoms. The van der Waals surface area contributed by atoms with Crippen molar-refractivity contribution in [3.05, 3.63) is 48.0 Å². The number of β-amino-alcohol motifs (C(OH)–C–C–N with tert-alkyl or cyclic N) is 1. The Labute approximate surface area is 112 Å². The van der Waals surface area contributed by atoms with Gasteiger partial charge in [0.25, 0.3) is 0 Å². The summed E-state index contributed by atoms with van der Waals surface area (Å²) < 4.78 is 0. The van der Waals surface area contributed by atoms with Crippen molar-refractivity contribution in [3.63, 3.8) is 0 Å². The molecule has 1 atom stereocenters. The summed E-state index contributed by atoms with van der Waals surface area (Å²) in [6.07, 6.45) is 0.620. The van der Waals surface area contributed by atoms with Crippen LogP contribution >= 0.6 is 0 Å². The molecule has 3 heteroatoms. The number of aliphatic hydroxyl groups is 1. The first kappa shape index (κ1) is 12.2. The molecule has 0 bridgehead atoms. The van der Waals surface area contributed by atoms with Crippen molar-refractivity contribution in [1.82, 2.24) is 4.90 Å². The molecule has 1 aliphatic heterocycles. The molecule has 1 heterocycles. The summed E-state index contributed by atoms with van der Waals surface area (Å²) in [4.78, 5) is 13.4. The Balaban J connectivity index is 1.77. The number of hydrogen-bond donors (Lipinski definition) is 1. The molecule has 98 valence electrons. The molecule has 0 aliphatic carbocycles. The van der Waals surface area contributed by atoms with E-state index in [1.807, 2.05) is 12.1 Å². The number of aliphatic hydroxyl groups excluding tert-OH is 1. The third kappa shape index (κ3) is 2.47. The van der Waals surface area contributed by atoms with Crippen LogP contribution in [0.4, 0.5) is 0 Å². The number of nitrogens with zero attached hydrogens (tertiary/aromatic N) is 1. The number of benzene rings is 2. The third-order valence-electron chi connectivity index (χ3n) is 3.73. The molecule has 3 rings (SSSR count). The fourth-order valence-electron chi connectivity index (χ4n) is 2.73. The summed E-state index contributed by atoms with van der Waals surface area (Å²) >= 11 is 0. The summed E-state index contributed by atoms with van der Waals surface area (Å²) in [7, 11) is 0. The van der Waals surface area contributed by atoms with Crippen molar-refractivity contribution < 1.29 is 9.90 Å². The van der Waals surface area contributed by atoms with E-state index >= 15 is 0 Å². The second-order valence-corrected chi connectivity index (χ2v) is 5.09. The van der Waals surface area contributed by atoms with Gasteiger partial charge in [-0.15, -0.1) is 0 Å². The minimum Gasteiger partial charge on any atom is -0.391 e. The van der Waals surface area contributed by atoms with Crippen molar-refractivity contribution in [2.75, 3.05) is 13.1 Å². The van der Waals surface area contributed by atoms with Crippen LogP contribution in [0.3, 0.4) is 0 Å². The highest BCUT2D eigenvalue weighted by Crippen LogP contribution is 2.20. The van der Waals surface area contributed by atoms with Crippen LogP contribution in [0.15, 0.2) is 42.5 Å². The molecule has 1 saturated heterocycles. The van der Waals surface area contributed by atoms with Gasteiger partial charge in [-0.3, -0.25) is 4.79 Å². The smallest absolute Gasteiger partial charge is 0.225 e. The van der Waals surface area contributed by atoms with Crippen LogP contribution in [0.1, 0.15) is 12.0 Å². The molecule has 3 nitrogen and oxygen atoms in total. The van der Waals surface area contributed by atoms with E-state index in [4.69, 9.17) is 0 Å². The van der Waals surface area contributed by atoms with E-state index in [0.29, 0.717) is 13.1 Å². The maximum absolute atomic E-state index is 11.6. The van der Waals surface area contributed by atoms with Gasteiger partial charge >= 0.3 is 0 Å². The van der Waals surface area contributed by atoms with Crippen molar-refractivity contribution in [3.8, 4) is 0 Å². The number of carbonyl (C=O) groups is 1. The number of amides is 1. The van der Waals surface area contributed by atoms with Crippen LogP contribution in [0.2, 0.25) is 0 Å². The lowest BCUT2D eigenvalue weighted by Crippen LogP contribution is -2.28. The molecule has 0 aromatic heterocycles. The Hall–Kier alpha value is -1.87. The third-order valence-corrected chi connectivity index (χ3v) is 3.73. The zero-order valence-electron chi connectivity index (χ0n) is 10.7. The SMILES string of the molecule is O=C1CC(O)CN1CCc1cccc2ccccc12. The zero-order chi connectivity index (χ0) is 13.2. The van der Waals surface area contributed by atoms with Gasteiger partial charge in [-0.05, 0) is 22.8 Å². The fraction of sp³-hybridized carbons (Fsp3) is 0.312. The molecule has 2 aromatic rings. The quantitative estimate of drug-likeness (QED) is 0.911.